The highest BCUT2D eigenvalue weighted by molar-refractivity contribution is 6.30. The molecule has 0 unspecified atom stereocenters. The van der Waals surface area contributed by atoms with Crippen molar-refractivity contribution in [1.82, 2.24) is 4.98 Å². The summed E-state index contributed by atoms with van der Waals surface area (Å²) in [6.07, 6.45) is -4.43. The number of pyridine rings is 1. The van der Waals surface area contributed by atoms with E-state index in [0.717, 1.165) is 11.6 Å². The van der Waals surface area contributed by atoms with Gasteiger partial charge in [-0.2, -0.15) is 13.2 Å². The molecule has 0 saturated carbocycles. The number of hydrogen-bond acceptors (Lipinski definition) is 1. The average molecular weight is 288 g/mol. The summed E-state index contributed by atoms with van der Waals surface area (Å²) in [5.41, 5.74) is -0.395. The minimum Gasteiger partial charge on any atom is -0.235 e. The van der Waals surface area contributed by atoms with Crippen molar-refractivity contribution in [1.29, 1.82) is 0 Å². The van der Waals surface area contributed by atoms with Gasteiger partial charge in [-0.15, -0.1) is 0 Å². The minimum absolute atomic E-state index is 0.104. The molecule has 2 rings (SSSR count). The van der Waals surface area contributed by atoms with Crippen LogP contribution in [-0.2, 0) is 11.6 Å². The summed E-state index contributed by atoms with van der Waals surface area (Å²) in [5, 5.41) is 0.570. The van der Waals surface area contributed by atoms with E-state index in [9.17, 15) is 13.2 Å². The summed E-state index contributed by atoms with van der Waals surface area (Å²) in [7, 11) is 0. The Hall–Kier alpha value is -1.29. The van der Waals surface area contributed by atoms with E-state index >= 15 is 0 Å². The van der Waals surface area contributed by atoms with Crippen molar-refractivity contribution in [3.63, 3.8) is 0 Å². The molecule has 0 radical (unpaired) electrons. The molecule has 0 aliphatic carbocycles. The standard InChI is InChI=1S/C14H13ClF3N/c1-13(2,3)10-7-8-5-4-6-9(14(16,17)18)11(8)19-12(10)15/h4-7H,1-3H3. The maximum absolute atomic E-state index is 12.9. The number of aromatic nitrogens is 1. The summed E-state index contributed by atoms with van der Waals surface area (Å²) in [5.74, 6) is 0. The Morgan fingerprint density at radius 1 is 1.05 bits per heavy atom. The molecule has 19 heavy (non-hydrogen) atoms. The molecule has 5 heteroatoms. The maximum atomic E-state index is 12.9. The number of fused-ring (bicyclic) bond motifs is 1. The van der Waals surface area contributed by atoms with Crippen LogP contribution in [0.2, 0.25) is 5.15 Å². The number of para-hydroxylation sites is 1. The van der Waals surface area contributed by atoms with Crippen LogP contribution in [0, 0.1) is 0 Å². The summed E-state index contributed by atoms with van der Waals surface area (Å²) in [4.78, 5) is 3.95. The fourth-order valence-electron chi connectivity index (χ4n) is 1.93. The zero-order valence-electron chi connectivity index (χ0n) is 10.8. The lowest BCUT2D eigenvalue weighted by atomic mass is 9.87. The molecule has 1 nitrogen and oxygen atoms in total. The van der Waals surface area contributed by atoms with E-state index in [1.807, 2.05) is 20.8 Å². The first-order chi connectivity index (χ1) is 8.60. The van der Waals surface area contributed by atoms with Gasteiger partial charge in [0.15, 0.2) is 0 Å². The van der Waals surface area contributed by atoms with Crippen LogP contribution in [0.1, 0.15) is 31.9 Å². The first-order valence-corrected chi connectivity index (χ1v) is 6.15. The van der Waals surface area contributed by atoms with Gasteiger partial charge in [0, 0.05) is 5.39 Å². The van der Waals surface area contributed by atoms with Gasteiger partial charge < -0.3 is 0 Å². The largest absolute Gasteiger partial charge is 0.418 e. The van der Waals surface area contributed by atoms with Crippen LogP contribution >= 0.6 is 11.6 Å². The highest BCUT2D eigenvalue weighted by atomic mass is 35.5. The molecular formula is C14H13ClF3N. The lowest BCUT2D eigenvalue weighted by Gasteiger charge is -2.21. The predicted octanol–water partition coefficient (Wildman–Crippen LogP) is 5.20. The fraction of sp³-hybridized carbons (Fsp3) is 0.357. The van der Waals surface area contributed by atoms with Gasteiger partial charge in [-0.05, 0) is 23.1 Å². The third-order valence-corrected chi connectivity index (χ3v) is 3.20. The smallest absolute Gasteiger partial charge is 0.235 e. The molecule has 102 valence electrons. The zero-order valence-corrected chi connectivity index (χ0v) is 11.5. The third-order valence-electron chi connectivity index (χ3n) is 2.91. The van der Waals surface area contributed by atoms with Gasteiger partial charge in [0.25, 0.3) is 0 Å². The second-order valence-electron chi connectivity index (χ2n) is 5.45. The molecule has 1 aromatic carbocycles. The Bertz CT molecular complexity index is 627. The van der Waals surface area contributed by atoms with Gasteiger partial charge in [-0.25, -0.2) is 4.98 Å². The molecule has 0 fully saturated rings. The highest BCUT2D eigenvalue weighted by Gasteiger charge is 2.33. The van der Waals surface area contributed by atoms with Crippen LogP contribution < -0.4 is 0 Å². The van der Waals surface area contributed by atoms with Crippen molar-refractivity contribution in [3.8, 4) is 0 Å². The minimum atomic E-state index is -4.43. The van der Waals surface area contributed by atoms with Crippen molar-refractivity contribution in [3.05, 3.63) is 40.5 Å². The van der Waals surface area contributed by atoms with Gasteiger partial charge in [0.1, 0.15) is 5.15 Å². The number of alkyl halides is 3. The van der Waals surface area contributed by atoms with E-state index in [1.54, 1.807) is 12.1 Å². The van der Waals surface area contributed by atoms with E-state index in [-0.39, 0.29) is 16.1 Å². The fourth-order valence-corrected chi connectivity index (χ4v) is 2.35. The van der Waals surface area contributed by atoms with Crippen molar-refractivity contribution >= 4 is 22.5 Å². The quantitative estimate of drug-likeness (QED) is 0.607. The number of hydrogen-bond donors (Lipinski definition) is 0. The molecule has 0 bridgehead atoms. The topological polar surface area (TPSA) is 12.9 Å². The molecule has 0 saturated heterocycles. The number of benzene rings is 1. The summed E-state index contributed by atoms with van der Waals surface area (Å²) < 4.78 is 38.7. The highest BCUT2D eigenvalue weighted by Crippen LogP contribution is 2.37. The van der Waals surface area contributed by atoms with E-state index in [1.165, 1.54) is 6.07 Å². The van der Waals surface area contributed by atoms with Crippen LogP contribution in [0.5, 0.6) is 0 Å². The Morgan fingerprint density at radius 3 is 2.21 bits per heavy atom. The molecule has 1 aromatic heterocycles. The van der Waals surface area contributed by atoms with Gasteiger partial charge in [-0.3, -0.25) is 0 Å². The monoisotopic (exact) mass is 287 g/mol. The average Bonchev–Trinajstić information content (AvgIpc) is 2.24. The SMILES string of the molecule is CC(C)(C)c1cc2cccc(C(F)(F)F)c2nc1Cl. The second kappa shape index (κ2) is 4.37. The molecule has 1 heterocycles. The van der Waals surface area contributed by atoms with Gasteiger partial charge >= 0.3 is 6.18 Å². The van der Waals surface area contributed by atoms with Crippen molar-refractivity contribution in [2.24, 2.45) is 0 Å². The van der Waals surface area contributed by atoms with Gasteiger partial charge in [0.2, 0.25) is 0 Å². The predicted molar refractivity (Wildman–Crippen MR) is 70.5 cm³/mol. The summed E-state index contributed by atoms with van der Waals surface area (Å²) in [6, 6.07) is 5.69. The Labute approximate surface area is 114 Å². The van der Waals surface area contributed by atoms with Crippen LogP contribution in [0.4, 0.5) is 13.2 Å². The molecule has 0 amide bonds. The summed E-state index contributed by atoms with van der Waals surface area (Å²) in [6.45, 7) is 5.82. The molecular weight excluding hydrogens is 275 g/mol. The normalized spacial score (nSPS) is 13.0. The van der Waals surface area contributed by atoms with E-state index in [2.05, 4.69) is 4.98 Å². The number of halogens is 4. The first-order valence-electron chi connectivity index (χ1n) is 5.77. The summed E-state index contributed by atoms with van der Waals surface area (Å²) >= 11 is 6.03. The molecule has 0 N–H and O–H groups in total. The van der Waals surface area contributed by atoms with Gasteiger partial charge in [-0.1, -0.05) is 44.5 Å². The Morgan fingerprint density at radius 2 is 1.68 bits per heavy atom. The lowest BCUT2D eigenvalue weighted by molar-refractivity contribution is -0.136. The Kier molecular flexibility index (Phi) is 3.25. The van der Waals surface area contributed by atoms with Crippen molar-refractivity contribution < 1.29 is 13.2 Å². The first kappa shape index (κ1) is 14.1. The van der Waals surface area contributed by atoms with Crippen LogP contribution in [0.25, 0.3) is 10.9 Å². The van der Waals surface area contributed by atoms with Crippen LogP contribution in [0.15, 0.2) is 24.3 Å². The second-order valence-corrected chi connectivity index (χ2v) is 5.81. The third kappa shape index (κ3) is 2.68. The number of rotatable bonds is 0. The van der Waals surface area contributed by atoms with Crippen molar-refractivity contribution in [2.45, 2.75) is 32.4 Å². The molecule has 2 aromatic rings. The van der Waals surface area contributed by atoms with Crippen LogP contribution in [0.3, 0.4) is 0 Å². The molecule has 0 aliphatic heterocycles. The zero-order chi connectivity index (χ0) is 14.4. The Balaban J connectivity index is 2.79. The van der Waals surface area contributed by atoms with E-state index < -0.39 is 11.7 Å². The molecule has 0 aliphatic rings. The van der Waals surface area contributed by atoms with E-state index in [0.29, 0.717) is 5.39 Å². The molecule has 0 spiro atoms. The van der Waals surface area contributed by atoms with Gasteiger partial charge in [0.05, 0.1) is 11.1 Å². The van der Waals surface area contributed by atoms with Crippen molar-refractivity contribution in [2.75, 3.05) is 0 Å². The number of nitrogens with zero attached hydrogens (tertiary/aromatic N) is 1. The maximum Gasteiger partial charge on any atom is 0.418 e. The lowest BCUT2D eigenvalue weighted by Crippen LogP contribution is -2.13. The molecule has 0 atom stereocenters. The van der Waals surface area contributed by atoms with Crippen LogP contribution in [-0.4, -0.2) is 4.98 Å². The van der Waals surface area contributed by atoms with E-state index in [4.69, 9.17) is 11.6 Å².